The van der Waals surface area contributed by atoms with Crippen LogP contribution in [0.15, 0.2) is 60.7 Å². The van der Waals surface area contributed by atoms with Gasteiger partial charge in [0, 0.05) is 11.6 Å². The van der Waals surface area contributed by atoms with E-state index in [1.165, 1.54) is 0 Å². The summed E-state index contributed by atoms with van der Waals surface area (Å²) in [6, 6.07) is 14.1. The quantitative estimate of drug-likeness (QED) is 0.628. The lowest BCUT2D eigenvalue weighted by Crippen LogP contribution is -1.99. The normalized spacial score (nSPS) is 10.5. The molecule has 2 aromatic carbocycles. The monoisotopic (exact) mass is 312 g/mol. The summed E-state index contributed by atoms with van der Waals surface area (Å²) >= 11 is 0. The molecule has 118 valence electrons. The summed E-state index contributed by atoms with van der Waals surface area (Å²) in [6.07, 6.45) is 1.83. The fourth-order valence-electron chi connectivity index (χ4n) is 1.87. The van der Waals surface area contributed by atoms with E-state index in [-0.39, 0.29) is 5.78 Å². The van der Waals surface area contributed by atoms with Gasteiger partial charge >= 0.3 is 5.97 Å². The molecule has 5 nitrogen and oxygen atoms in total. The third-order valence-electron chi connectivity index (χ3n) is 3.06. The molecule has 0 unspecified atom stereocenters. The average Bonchev–Trinajstić information content (AvgIpc) is 2.58. The van der Waals surface area contributed by atoms with Crippen molar-refractivity contribution in [2.45, 2.75) is 6.61 Å². The number of carboxylic acids is 1. The zero-order chi connectivity index (χ0) is 16.7. The fraction of sp³-hybridized carbons (Fsp3) is 0.111. The Balaban J connectivity index is 2.01. The van der Waals surface area contributed by atoms with Crippen LogP contribution in [0.4, 0.5) is 0 Å². The van der Waals surface area contributed by atoms with Gasteiger partial charge in [0.25, 0.3) is 0 Å². The van der Waals surface area contributed by atoms with E-state index in [4.69, 9.17) is 14.6 Å². The van der Waals surface area contributed by atoms with Crippen molar-refractivity contribution in [1.82, 2.24) is 0 Å². The minimum Gasteiger partial charge on any atom is -0.497 e. The molecule has 0 aliphatic heterocycles. The lowest BCUT2D eigenvalue weighted by Gasteiger charge is -2.08. The minimum atomic E-state index is -1.16. The Morgan fingerprint density at radius 1 is 1.04 bits per heavy atom. The maximum Gasteiger partial charge on any atom is 0.328 e. The highest BCUT2D eigenvalue weighted by Gasteiger charge is 2.05. The molecule has 0 fully saturated rings. The second-order valence-corrected chi connectivity index (χ2v) is 4.70. The van der Waals surface area contributed by atoms with Gasteiger partial charge in [0.15, 0.2) is 5.78 Å². The molecule has 0 spiro atoms. The van der Waals surface area contributed by atoms with E-state index in [0.29, 0.717) is 17.9 Å². The Bertz CT molecular complexity index is 716. The molecule has 0 aliphatic carbocycles. The van der Waals surface area contributed by atoms with E-state index < -0.39 is 5.97 Å². The fourth-order valence-corrected chi connectivity index (χ4v) is 1.87. The number of benzene rings is 2. The van der Waals surface area contributed by atoms with Gasteiger partial charge in [0.1, 0.15) is 18.1 Å². The number of carboxylic acid groups (broad SMARTS) is 1. The topological polar surface area (TPSA) is 72.8 Å². The van der Waals surface area contributed by atoms with Crippen LogP contribution < -0.4 is 9.47 Å². The van der Waals surface area contributed by atoms with Gasteiger partial charge < -0.3 is 14.6 Å². The van der Waals surface area contributed by atoms with Crippen LogP contribution in [0.25, 0.3) is 0 Å². The van der Waals surface area contributed by atoms with Gasteiger partial charge in [0.2, 0.25) is 0 Å². The maximum absolute atomic E-state index is 11.8. The van der Waals surface area contributed by atoms with Crippen LogP contribution >= 0.6 is 0 Å². The molecular formula is C18H16O5. The zero-order valence-electron chi connectivity index (χ0n) is 12.6. The number of carbonyl (C=O) groups excluding carboxylic acids is 1. The maximum atomic E-state index is 11.8. The summed E-state index contributed by atoms with van der Waals surface area (Å²) in [6.45, 7) is 0.354. The molecule has 2 aromatic rings. The van der Waals surface area contributed by atoms with Gasteiger partial charge in [-0.1, -0.05) is 24.3 Å². The first-order valence-electron chi connectivity index (χ1n) is 6.89. The number of rotatable bonds is 7. The summed E-state index contributed by atoms with van der Waals surface area (Å²) in [5, 5.41) is 8.54. The Kier molecular flexibility index (Phi) is 5.52. The standard InChI is InChI=1S/C18H16O5/c1-22-15-7-5-13(6-8-15)12-23-16-4-2-3-14(11-16)17(19)9-10-18(20)21/h2-11H,12H2,1H3,(H,20,21). The molecule has 2 rings (SSSR count). The van der Waals surface area contributed by atoms with Crippen LogP contribution in [0.5, 0.6) is 11.5 Å². The third-order valence-corrected chi connectivity index (χ3v) is 3.06. The van der Waals surface area contributed by atoms with Crippen LogP contribution in [0.1, 0.15) is 15.9 Å². The van der Waals surface area contributed by atoms with Crippen molar-refractivity contribution >= 4 is 11.8 Å². The summed E-state index contributed by atoms with van der Waals surface area (Å²) in [4.78, 5) is 22.3. The smallest absolute Gasteiger partial charge is 0.328 e. The summed E-state index contributed by atoms with van der Waals surface area (Å²) in [5.41, 5.74) is 1.34. The molecule has 23 heavy (non-hydrogen) atoms. The molecule has 0 radical (unpaired) electrons. The highest BCUT2D eigenvalue weighted by atomic mass is 16.5. The molecule has 0 aromatic heterocycles. The summed E-state index contributed by atoms with van der Waals surface area (Å²) in [5.74, 6) is -0.241. The number of ether oxygens (including phenoxy) is 2. The van der Waals surface area contributed by atoms with Crippen molar-refractivity contribution < 1.29 is 24.2 Å². The van der Waals surface area contributed by atoms with Gasteiger partial charge in [0.05, 0.1) is 7.11 Å². The van der Waals surface area contributed by atoms with Crippen molar-refractivity contribution in [2.24, 2.45) is 0 Å². The number of ketones is 1. The Morgan fingerprint density at radius 2 is 1.78 bits per heavy atom. The second-order valence-electron chi connectivity index (χ2n) is 4.70. The van der Waals surface area contributed by atoms with E-state index in [1.807, 2.05) is 24.3 Å². The molecule has 0 amide bonds. The van der Waals surface area contributed by atoms with Crippen molar-refractivity contribution in [3.8, 4) is 11.5 Å². The molecule has 5 heteroatoms. The molecule has 1 N–H and O–H groups in total. The molecule has 0 saturated carbocycles. The van der Waals surface area contributed by atoms with Gasteiger partial charge in [-0.15, -0.1) is 0 Å². The van der Waals surface area contributed by atoms with E-state index >= 15 is 0 Å². The molecule has 0 bridgehead atoms. The van der Waals surface area contributed by atoms with E-state index in [1.54, 1.807) is 31.4 Å². The van der Waals surface area contributed by atoms with Crippen molar-refractivity contribution in [2.75, 3.05) is 7.11 Å². The molecule has 0 saturated heterocycles. The predicted molar refractivity (Wildman–Crippen MR) is 84.9 cm³/mol. The number of hydrogen-bond donors (Lipinski definition) is 1. The van der Waals surface area contributed by atoms with Crippen LogP contribution in [0.2, 0.25) is 0 Å². The first-order chi connectivity index (χ1) is 11.1. The lowest BCUT2D eigenvalue weighted by atomic mass is 10.1. The van der Waals surface area contributed by atoms with Gasteiger partial charge in [-0.3, -0.25) is 4.79 Å². The van der Waals surface area contributed by atoms with Crippen LogP contribution in [0, 0.1) is 0 Å². The Morgan fingerprint density at radius 3 is 2.43 bits per heavy atom. The number of aliphatic carboxylic acids is 1. The highest BCUT2D eigenvalue weighted by Crippen LogP contribution is 2.17. The predicted octanol–water partition coefficient (Wildman–Crippen LogP) is 3.10. The third kappa shape index (κ3) is 5.00. The second kappa shape index (κ2) is 7.79. The zero-order valence-corrected chi connectivity index (χ0v) is 12.6. The van der Waals surface area contributed by atoms with Crippen molar-refractivity contribution in [3.05, 3.63) is 71.8 Å². The van der Waals surface area contributed by atoms with E-state index in [2.05, 4.69) is 0 Å². The minimum absolute atomic E-state index is 0.354. The molecule has 0 aliphatic rings. The van der Waals surface area contributed by atoms with Gasteiger partial charge in [-0.2, -0.15) is 0 Å². The number of hydrogen-bond acceptors (Lipinski definition) is 4. The number of methoxy groups -OCH3 is 1. The van der Waals surface area contributed by atoms with Crippen molar-refractivity contribution in [1.29, 1.82) is 0 Å². The summed E-state index contributed by atoms with van der Waals surface area (Å²) in [7, 11) is 1.60. The van der Waals surface area contributed by atoms with Crippen LogP contribution in [0.3, 0.4) is 0 Å². The summed E-state index contributed by atoms with van der Waals surface area (Å²) < 4.78 is 10.7. The largest absolute Gasteiger partial charge is 0.497 e. The SMILES string of the molecule is COc1ccc(COc2cccc(C(=O)C=CC(=O)O)c2)cc1. The molecule has 0 heterocycles. The molecular weight excluding hydrogens is 296 g/mol. The lowest BCUT2D eigenvalue weighted by molar-refractivity contribution is -0.131. The number of allylic oxidation sites excluding steroid dienone is 1. The molecule has 0 atom stereocenters. The Labute approximate surface area is 133 Å². The van der Waals surface area contributed by atoms with E-state index in [0.717, 1.165) is 23.5 Å². The first kappa shape index (κ1) is 16.3. The van der Waals surface area contributed by atoms with Gasteiger partial charge in [-0.05, 0) is 35.9 Å². The Hall–Kier alpha value is -3.08. The highest BCUT2D eigenvalue weighted by molar-refractivity contribution is 6.07. The number of carbonyl (C=O) groups is 2. The van der Waals surface area contributed by atoms with E-state index in [9.17, 15) is 9.59 Å². The first-order valence-corrected chi connectivity index (χ1v) is 6.89. The van der Waals surface area contributed by atoms with Crippen LogP contribution in [-0.4, -0.2) is 24.0 Å². The van der Waals surface area contributed by atoms with Crippen molar-refractivity contribution in [3.63, 3.8) is 0 Å². The average molecular weight is 312 g/mol. The van der Waals surface area contributed by atoms with Crippen LogP contribution in [-0.2, 0) is 11.4 Å². The van der Waals surface area contributed by atoms with Gasteiger partial charge in [-0.25, -0.2) is 4.79 Å².